The SMILES string of the molecule is Cc1nc(C)n(CC2CNCc3nccn3C2)n1. The third kappa shape index (κ3) is 2.15. The zero-order chi connectivity index (χ0) is 12.5. The number of aryl methyl sites for hydroxylation is 2. The minimum absolute atomic E-state index is 0.514. The van der Waals surface area contributed by atoms with E-state index in [9.17, 15) is 0 Å². The Kier molecular flexibility index (Phi) is 2.87. The molecule has 0 saturated carbocycles. The summed E-state index contributed by atoms with van der Waals surface area (Å²) in [5.41, 5.74) is 0. The number of hydrogen-bond donors (Lipinski definition) is 1. The summed E-state index contributed by atoms with van der Waals surface area (Å²) in [5.74, 6) is 3.46. The Labute approximate surface area is 106 Å². The molecular formula is C12H18N6. The molecule has 1 aliphatic heterocycles. The zero-order valence-corrected chi connectivity index (χ0v) is 10.8. The predicted octanol–water partition coefficient (Wildman–Crippen LogP) is 0.511. The Morgan fingerprint density at radius 2 is 2.33 bits per heavy atom. The fourth-order valence-electron chi connectivity index (χ4n) is 2.51. The first-order valence-electron chi connectivity index (χ1n) is 6.31. The van der Waals surface area contributed by atoms with Crippen LogP contribution in [0.3, 0.4) is 0 Å². The van der Waals surface area contributed by atoms with Crippen LogP contribution in [0, 0.1) is 19.8 Å². The topological polar surface area (TPSA) is 60.6 Å². The third-order valence-electron chi connectivity index (χ3n) is 3.37. The summed E-state index contributed by atoms with van der Waals surface area (Å²) in [4.78, 5) is 8.69. The number of imidazole rings is 1. The average Bonchev–Trinajstić information content (AvgIpc) is 2.82. The lowest BCUT2D eigenvalue weighted by atomic mass is 10.1. The van der Waals surface area contributed by atoms with Crippen LogP contribution >= 0.6 is 0 Å². The number of aromatic nitrogens is 5. The van der Waals surface area contributed by atoms with Crippen molar-refractivity contribution in [2.75, 3.05) is 6.54 Å². The molecule has 3 rings (SSSR count). The summed E-state index contributed by atoms with van der Waals surface area (Å²) in [6.45, 7) is 7.66. The zero-order valence-electron chi connectivity index (χ0n) is 10.8. The van der Waals surface area contributed by atoms with E-state index in [-0.39, 0.29) is 0 Å². The van der Waals surface area contributed by atoms with E-state index >= 15 is 0 Å². The average molecular weight is 246 g/mol. The molecule has 1 atom stereocenters. The standard InChI is InChI=1S/C12H18N6/c1-9-15-10(2)18(16-9)8-11-5-13-6-12-14-3-4-17(12)7-11/h3-4,11,13H,5-8H2,1-2H3. The van der Waals surface area contributed by atoms with Crippen molar-refractivity contribution in [2.45, 2.75) is 33.5 Å². The van der Waals surface area contributed by atoms with Crippen molar-refractivity contribution in [1.29, 1.82) is 0 Å². The largest absolute Gasteiger partial charge is 0.333 e. The fraction of sp³-hybridized carbons (Fsp3) is 0.583. The van der Waals surface area contributed by atoms with E-state index < -0.39 is 0 Å². The van der Waals surface area contributed by atoms with Crippen molar-refractivity contribution < 1.29 is 0 Å². The van der Waals surface area contributed by atoms with Crippen LogP contribution in [-0.2, 0) is 19.6 Å². The van der Waals surface area contributed by atoms with Gasteiger partial charge in [-0.15, -0.1) is 0 Å². The molecule has 0 saturated heterocycles. The molecule has 2 aromatic heterocycles. The van der Waals surface area contributed by atoms with Gasteiger partial charge in [0.05, 0.1) is 6.54 Å². The summed E-state index contributed by atoms with van der Waals surface area (Å²) in [6, 6.07) is 0. The number of rotatable bonds is 2. The first kappa shape index (κ1) is 11.4. The summed E-state index contributed by atoms with van der Waals surface area (Å²) in [6.07, 6.45) is 3.92. The molecule has 0 radical (unpaired) electrons. The van der Waals surface area contributed by atoms with Gasteiger partial charge in [-0.1, -0.05) is 0 Å². The van der Waals surface area contributed by atoms with E-state index in [2.05, 4.69) is 31.1 Å². The Morgan fingerprint density at radius 3 is 3.11 bits per heavy atom. The molecule has 0 fully saturated rings. The Hall–Kier alpha value is -1.69. The first-order chi connectivity index (χ1) is 8.72. The number of nitrogens with one attached hydrogen (secondary N) is 1. The Balaban J connectivity index is 1.76. The lowest BCUT2D eigenvalue weighted by Crippen LogP contribution is -2.26. The van der Waals surface area contributed by atoms with E-state index in [1.165, 1.54) is 0 Å². The van der Waals surface area contributed by atoms with Gasteiger partial charge in [-0.2, -0.15) is 5.10 Å². The van der Waals surface area contributed by atoms with Gasteiger partial charge in [-0.3, -0.25) is 0 Å². The van der Waals surface area contributed by atoms with Crippen LogP contribution in [-0.4, -0.2) is 30.9 Å². The maximum Gasteiger partial charge on any atom is 0.147 e. The molecule has 0 bridgehead atoms. The van der Waals surface area contributed by atoms with Gasteiger partial charge >= 0.3 is 0 Å². The minimum Gasteiger partial charge on any atom is -0.333 e. The summed E-state index contributed by atoms with van der Waals surface area (Å²) in [5, 5.41) is 7.87. The summed E-state index contributed by atoms with van der Waals surface area (Å²) < 4.78 is 4.23. The molecule has 6 heteroatoms. The second-order valence-corrected chi connectivity index (χ2v) is 4.88. The van der Waals surface area contributed by atoms with Gasteiger partial charge in [0.2, 0.25) is 0 Å². The van der Waals surface area contributed by atoms with Gasteiger partial charge in [-0.05, 0) is 13.8 Å². The molecule has 1 unspecified atom stereocenters. The van der Waals surface area contributed by atoms with Crippen LogP contribution in [0.15, 0.2) is 12.4 Å². The monoisotopic (exact) mass is 246 g/mol. The van der Waals surface area contributed by atoms with Gasteiger partial charge in [0.25, 0.3) is 0 Å². The number of hydrogen-bond acceptors (Lipinski definition) is 4. The quantitative estimate of drug-likeness (QED) is 0.839. The number of nitrogens with zero attached hydrogens (tertiary/aromatic N) is 5. The lowest BCUT2D eigenvalue weighted by molar-refractivity contribution is 0.362. The fourth-order valence-corrected chi connectivity index (χ4v) is 2.51. The van der Waals surface area contributed by atoms with Gasteiger partial charge in [0.15, 0.2) is 0 Å². The molecule has 2 aromatic rings. The maximum absolute atomic E-state index is 4.43. The van der Waals surface area contributed by atoms with Crippen molar-refractivity contribution in [3.05, 3.63) is 29.9 Å². The molecule has 6 nitrogen and oxygen atoms in total. The van der Waals surface area contributed by atoms with Gasteiger partial charge in [0, 0.05) is 37.9 Å². The normalized spacial score (nSPS) is 19.6. The molecular weight excluding hydrogens is 228 g/mol. The molecule has 0 amide bonds. The molecule has 0 spiro atoms. The summed E-state index contributed by atoms with van der Waals surface area (Å²) in [7, 11) is 0. The van der Waals surface area contributed by atoms with E-state index in [0.29, 0.717) is 5.92 Å². The van der Waals surface area contributed by atoms with Crippen LogP contribution in [0.1, 0.15) is 17.5 Å². The van der Waals surface area contributed by atoms with Crippen LogP contribution < -0.4 is 5.32 Å². The Morgan fingerprint density at radius 1 is 1.44 bits per heavy atom. The minimum atomic E-state index is 0.514. The molecule has 3 heterocycles. The molecule has 18 heavy (non-hydrogen) atoms. The van der Waals surface area contributed by atoms with Gasteiger partial charge in [0.1, 0.15) is 17.5 Å². The lowest BCUT2D eigenvalue weighted by Gasteiger charge is -2.15. The predicted molar refractivity (Wildman–Crippen MR) is 66.9 cm³/mol. The highest BCUT2D eigenvalue weighted by molar-refractivity contribution is 4.95. The maximum atomic E-state index is 4.43. The van der Waals surface area contributed by atoms with E-state index in [4.69, 9.17) is 0 Å². The van der Waals surface area contributed by atoms with Crippen LogP contribution in [0.25, 0.3) is 0 Å². The molecule has 1 N–H and O–H groups in total. The third-order valence-corrected chi connectivity index (χ3v) is 3.37. The highest BCUT2D eigenvalue weighted by atomic mass is 15.3. The first-order valence-corrected chi connectivity index (χ1v) is 6.31. The summed E-state index contributed by atoms with van der Waals surface area (Å²) >= 11 is 0. The Bertz CT molecular complexity index is 541. The van der Waals surface area contributed by atoms with Crippen LogP contribution in [0.5, 0.6) is 0 Å². The highest BCUT2D eigenvalue weighted by Gasteiger charge is 2.18. The van der Waals surface area contributed by atoms with E-state index in [0.717, 1.165) is 43.7 Å². The molecule has 0 aliphatic carbocycles. The van der Waals surface area contributed by atoms with Crippen LogP contribution in [0.2, 0.25) is 0 Å². The second kappa shape index (κ2) is 4.53. The highest BCUT2D eigenvalue weighted by Crippen LogP contribution is 2.11. The van der Waals surface area contributed by atoms with Gasteiger partial charge in [-0.25, -0.2) is 14.6 Å². The van der Waals surface area contributed by atoms with Gasteiger partial charge < -0.3 is 9.88 Å². The van der Waals surface area contributed by atoms with Crippen molar-refractivity contribution >= 4 is 0 Å². The second-order valence-electron chi connectivity index (χ2n) is 4.88. The van der Waals surface area contributed by atoms with Crippen LogP contribution in [0.4, 0.5) is 0 Å². The molecule has 96 valence electrons. The van der Waals surface area contributed by atoms with Crippen molar-refractivity contribution in [2.24, 2.45) is 5.92 Å². The van der Waals surface area contributed by atoms with Crippen molar-refractivity contribution in [3.8, 4) is 0 Å². The van der Waals surface area contributed by atoms with E-state index in [1.54, 1.807) is 0 Å². The smallest absolute Gasteiger partial charge is 0.147 e. The molecule has 1 aliphatic rings. The molecule has 0 aromatic carbocycles. The van der Waals surface area contributed by atoms with E-state index in [1.807, 2.05) is 24.7 Å². The van der Waals surface area contributed by atoms with Crippen molar-refractivity contribution in [1.82, 2.24) is 29.6 Å². The number of fused-ring (bicyclic) bond motifs is 1. The van der Waals surface area contributed by atoms with Crippen molar-refractivity contribution in [3.63, 3.8) is 0 Å².